The van der Waals surface area contributed by atoms with Crippen molar-refractivity contribution < 1.29 is 0 Å². The molecule has 2 aromatic carbocycles. The maximum atomic E-state index is 6.27. The van der Waals surface area contributed by atoms with Crippen LogP contribution in [0.5, 0.6) is 0 Å². The minimum Gasteiger partial charge on any atom is -0.330 e. The van der Waals surface area contributed by atoms with Crippen LogP contribution in [-0.2, 0) is 6.42 Å². The molecule has 1 nitrogen and oxygen atoms in total. The van der Waals surface area contributed by atoms with Crippen LogP contribution >= 0.6 is 11.6 Å². The van der Waals surface area contributed by atoms with Crippen molar-refractivity contribution >= 4 is 11.6 Å². The topological polar surface area (TPSA) is 26.0 Å². The summed E-state index contributed by atoms with van der Waals surface area (Å²) < 4.78 is 0. The van der Waals surface area contributed by atoms with Crippen LogP contribution < -0.4 is 5.73 Å². The molecule has 2 aromatic rings. The molecule has 3 rings (SSSR count). The first-order chi connectivity index (χ1) is 10.2. The lowest BCUT2D eigenvalue weighted by atomic mass is 9.79. The molecule has 1 atom stereocenters. The number of benzene rings is 2. The summed E-state index contributed by atoms with van der Waals surface area (Å²) in [5, 5.41) is 0.837. The molecule has 0 heterocycles. The zero-order valence-corrected chi connectivity index (χ0v) is 13.3. The summed E-state index contributed by atoms with van der Waals surface area (Å²) >= 11 is 6.27. The quantitative estimate of drug-likeness (QED) is 0.840. The molecule has 2 N–H and O–H groups in total. The molecule has 110 valence electrons. The van der Waals surface area contributed by atoms with Crippen molar-refractivity contribution in [2.45, 2.75) is 38.5 Å². The zero-order chi connectivity index (χ0) is 14.8. The van der Waals surface area contributed by atoms with Gasteiger partial charge in [0.15, 0.2) is 0 Å². The molecule has 0 aliphatic heterocycles. The normalized spacial score (nSPS) is 17.6. The van der Waals surface area contributed by atoms with Gasteiger partial charge in [0.25, 0.3) is 0 Å². The Morgan fingerprint density at radius 1 is 1.24 bits per heavy atom. The number of aryl methyl sites for hydroxylation is 1. The molecule has 0 spiro atoms. The SMILES string of the molecule is Cc1c(Cl)cccc1-c1ccc2c(c1)C(CCN)CCC2. The fourth-order valence-corrected chi connectivity index (χ4v) is 3.66. The molecule has 0 fully saturated rings. The monoisotopic (exact) mass is 299 g/mol. The van der Waals surface area contributed by atoms with Crippen LogP contribution in [-0.4, -0.2) is 6.54 Å². The fourth-order valence-electron chi connectivity index (χ4n) is 3.49. The number of fused-ring (bicyclic) bond motifs is 1. The van der Waals surface area contributed by atoms with Crippen LogP contribution in [0.2, 0.25) is 5.02 Å². The van der Waals surface area contributed by atoms with Gasteiger partial charge in [0, 0.05) is 5.02 Å². The Morgan fingerprint density at radius 2 is 2.10 bits per heavy atom. The van der Waals surface area contributed by atoms with Gasteiger partial charge < -0.3 is 5.73 Å². The van der Waals surface area contributed by atoms with Gasteiger partial charge in [-0.2, -0.15) is 0 Å². The first-order valence-corrected chi connectivity index (χ1v) is 8.17. The Balaban J connectivity index is 2.05. The summed E-state index contributed by atoms with van der Waals surface area (Å²) in [6, 6.07) is 13.0. The van der Waals surface area contributed by atoms with Gasteiger partial charge in [-0.1, -0.05) is 41.9 Å². The van der Waals surface area contributed by atoms with Crippen LogP contribution in [0.4, 0.5) is 0 Å². The average molecular weight is 300 g/mol. The lowest BCUT2D eigenvalue weighted by Crippen LogP contribution is -2.14. The van der Waals surface area contributed by atoms with Gasteiger partial charge in [-0.15, -0.1) is 0 Å². The number of rotatable bonds is 3. The second-order valence-corrected chi connectivity index (χ2v) is 6.40. The van der Waals surface area contributed by atoms with E-state index >= 15 is 0 Å². The molecule has 21 heavy (non-hydrogen) atoms. The fraction of sp³-hybridized carbons (Fsp3) is 0.368. The van der Waals surface area contributed by atoms with Crippen molar-refractivity contribution in [3.63, 3.8) is 0 Å². The standard InChI is InChI=1S/C19H22ClN/c1-13-17(6-3-7-19(13)20)16-9-8-14-4-2-5-15(10-11-21)18(14)12-16/h3,6-9,12,15H,2,4-5,10-11,21H2,1H3. The Labute approximate surface area is 132 Å². The number of hydrogen-bond donors (Lipinski definition) is 1. The van der Waals surface area contributed by atoms with Gasteiger partial charge in [0.1, 0.15) is 0 Å². The summed E-state index contributed by atoms with van der Waals surface area (Å²) in [4.78, 5) is 0. The smallest absolute Gasteiger partial charge is 0.0441 e. The van der Waals surface area contributed by atoms with Gasteiger partial charge in [0.05, 0.1) is 0 Å². The summed E-state index contributed by atoms with van der Waals surface area (Å²) in [7, 11) is 0. The lowest BCUT2D eigenvalue weighted by Gasteiger charge is -2.26. The molecule has 0 aromatic heterocycles. The second kappa shape index (κ2) is 6.21. The average Bonchev–Trinajstić information content (AvgIpc) is 2.50. The Kier molecular flexibility index (Phi) is 4.32. The molecule has 0 bridgehead atoms. The summed E-state index contributed by atoms with van der Waals surface area (Å²) in [5.41, 5.74) is 12.5. The maximum Gasteiger partial charge on any atom is 0.0441 e. The van der Waals surface area contributed by atoms with Crippen LogP contribution in [0, 0.1) is 6.92 Å². The number of hydrogen-bond acceptors (Lipinski definition) is 1. The first-order valence-electron chi connectivity index (χ1n) is 7.79. The zero-order valence-electron chi connectivity index (χ0n) is 12.5. The van der Waals surface area contributed by atoms with E-state index in [9.17, 15) is 0 Å². The van der Waals surface area contributed by atoms with Crippen LogP contribution in [0.15, 0.2) is 36.4 Å². The minimum absolute atomic E-state index is 0.623. The Bertz CT molecular complexity index is 648. The van der Waals surface area contributed by atoms with E-state index in [1.54, 1.807) is 0 Å². The van der Waals surface area contributed by atoms with E-state index < -0.39 is 0 Å². The minimum atomic E-state index is 0.623. The van der Waals surface area contributed by atoms with Crippen LogP contribution in [0.3, 0.4) is 0 Å². The predicted molar refractivity (Wildman–Crippen MR) is 91.0 cm³/mol. The Morgan fingerprint density at radius 3 is 2.90 bits per heavy atom. The summed E-state index contributed by atoms with van der Waals surface area (Å²) in [5.74, 6) is 0.623. The maximum absolute atomic E-state index is 6.27. The molecule has 1 aliphatic rings. The number of nitrogens with two attached hydrogens (primary N) is 1. The molecule has 1 unspecified atom stereocenters. The Hall–Kier alpha value is -1.31. The van der Waals surface area contributed by atoms with E-state index in [4.69, 9.17) is 17.3 Å². The lowest BCUT2D eigenvalue weighted by molar-refractivity contribution is 0.526. The van der Waals surface area contributed by atoms with Crippen molar-refractivity contribution in [1.29, 1.82) is 0 Å². The molecule has 0 radical (unpaired) electrons. The highest BCUT2D eigenvalue weighted by Gasteiger charge is 2.20. The third-order valence-corrected chi connectivity index (χ3v) is 5.09. The molecular weight excluding hydrogens is 278 g/mol. The van der Waals surface area contributed by atoms with Crippen molar-refractivity contribution in [3.8, 4) is 11.1 Å². The van der Waals surface area contributed by atoms with Gasteiger partial charge in [0.2, 0.25) is 0 Å². The van der Waals surface area contributed by atoms with E-state index in [2.05, 4.69) is 31.2 Å². The first kappa shape index (κ1) is 14.6. The van der Waals surface area contributed by atoms with E-state index in [0.29, 0.717) is 5.92 Å². The van der Waals surface area contributed by atoms with E-state index in [1.165, 1.54) is 41.5 Å². The molecule has 1 aliphatic carbocycles. The third kappa shape index (κ3) is 2.86. The number of halogens is 1. The summed E-state index contributed by atoms with van der Waals surface area (Å²) in [6.07, 6.45) is 4.84. The molecule has 2 heteroatoms. The molecular formula is C19H22ClN. The van der Waals surface area contributed by atoms with Crippen molar-refractivity contribution in [2.75, 3.05) is 6.54 Å². The van der Waals surface area contributed by atoms with Gasteiger partial charge in [-0.05, 0) is 79.0 Å². The summed E-state index contributed by atoms with van der Waals surface area (Å²) in [6.45, 7) is 2.86. The molecule has 0 saturated heterocycles. The van der Waals surface area contributed by atoms with Crippen molar-refractivity contribution in [3.05, 3.63) is 58.1 Å². The second-order valence-electron chi connectivity index (χ2n) is 5.99. The third-order valence-electron chi connectivity index (χ3n) is 4.68. The van der Waals surface area contributed by atoms with E-state index in [0.717, 1.165) is 23.6 Å². The highest BCUT2D eigenvalue weighted by Crippen LogP contribution is 2.37. The highest BCUT2D eigenvalue weighted by molar-refractivity contribution is 6.31. The van der Waals surface area contributed by atoms with Crippen LogP contribution in [0.1, 0.15) is 41.9 Å². The highest BCUT2D eigenvalue weighted by atomic mass is 35.5. The van der Waals surface area contributed by atoms with Gasteiger partial charge in [-0.3, -0.25) is 0 Å². The van der Waals surface area contributed by atoms with Gasteiger partial charge >= 0.3 is 0 Å². The van der Waals surface area contributed by atoms with Crippen molar-refractivity contribution in [2.24, 2.45) is 5.73 Å². The van der Waals surface area contributed by atoms with E-state index in [-0.39, 0.29) is 0 Å². The van der Waals surface area contributed by atoms with E-state index in [1.807, 2.05) is 12.1 Å². The van der Waals surface area contributed by atoms with Crippen molar-refractivity contribution in [1.82, 2.24) is 0 Å². The molecule has 0 saturated carbocycles. The van der Waals surface area contributed by atoms with Gasteiger partial charge in [-0.25, -0.2) is 0 Å². The van der Waals surface area contributed by atoms with Crippen LogP contribution in [0.25, 0.3) is 11.1 Å². The molecule has 0 amide bonds. The largest absolute Gasteiger partial charge is 0.330 e. The predicted octanol–water partition coefficient (Wildman–Crippen LogP) is 5.08.